The first-order valence-corrected chi connectivity index (χ1v) is 6.15. The van der Waals surface area contributed by atoms with Crippen molar-refractivity contribution in [2.75, 3.05) is 12.4 Å². The van der Waals surface area contributed by atoms with Crippen molar-refractivity contribution in [2.24, 2.45) is 5.73 Å². The molecule has 0 aliphatic heterocycles. The van der Waals surface area contributed by atoms with Gasteiger partial charge in [0.25, 0.3) is 0 Å². The number of rotatable bonds is 5. The van der Waals surface area contributed by atoms with Crippen molar-refractivity contribution in [1.29, 1.82) is 0 Å². The van der Waals surface area contributed by atoms with Crippen LogP contribution in [0.1, 0.15) is 16.1 Å². The van der Waals surface area contributed by atoms with Crippen LogP contribution in [0.4, 0.5) is 10.5 Å². The van der Waals surface area contributed by atoms with Gasteiger partial charge in [-0.3, -0.25) is 4.79 Å². The number of furan rings is 1. The van der Waals surface area contributed by atoms with Gasteiger partial charge in [0, 0.05) is 5.56 Å². The lowest BCUT2D eigenvalue weighted by molar-refractivity contribution is 0.1000. The van der Waals surface area contributed by atoms with E-state index in [4.69, 9.17) is 14.9 Å². The van der Waals surface area contributed by atoms with Crippen LogP contribution in [0.25, 0.3) is 0 Å². The van der Waals surface area contributed by atoms with Gasteiger partial charge in [-0.05, 0) is 30.3 Å². The predicted octanol–water partition coefficient (Wildman–Crippen LogP) is 1.71. The number of methoxy groups -OCH3 is 1. The van der Waals surface area contributed by atoms with Crippen molar-refractivity contribution in [2.45, 2.75) is 6.54 Å². The summed E-state index contributed by atoms with van der Waals surface area (Å²) >= 11 is 0. The summed E-state index contributed by atoms with van der Waals surface area (Å²) in [6.07, 6.45) is 1.52. The molecule has 0 aliphatic rings. The Balaban J connectivity index is 2.04. The maximum Gasteiger partial charge on any atom is 0.319 e. The molecule has 0 atom stereocenters. The fourth-order valence-corrected chi connectivity index (χ4v) is 1.71. The summed E-state index contributed by atoms with van der Waals surface area (Å²) in [7, 11) is 1.46. The van der Waals surface area contributed by atoms with Gasteiger partial charge in [0.1, 0.15) is 11.5 Å². The van der Waals surface area contributed by atoms with Gasteiger partial charge in [0.05, 0.1) is 25.6 Å². The first kappa shape index (κ1) is 14.4. The van der Waals surface area contributed by atoms with Crippen molar-refractivity contribution in [3.05, 3.63) is 47.9 Å². The normalized spacial score (nSPS) is 9.95. The van der Waals surface area contributed by atoms with E-state index in [1.807, 2.05) is 0 Å². The quantitative estimate of drug-likeness (QED) is 0.778. The van der Waals surface area contributed by atoms with Crippen molar-refractivity contribution in [3.63, 3.8) is 0 Å². The number of nitrogens with two attached hydrogens (primary N) is 1. The zero-order valence-electron chi connectivity index (χ0n) is 11.4. The maximum atomic E-state index is 11.8. The number of anilines is 1. The topological polar surface area (TPSA) is 107 Å². The molecule has 0 fully saturated rings. The van der Waals surface area contributed by atoms with Gasteiger partial charge in [-0.1, -0.05) is 0 Å². The first-order chi connectivity index (χ1) is 10.1. The maximum absolute atomic E-state index is 11.8. The lowest BCUT2D eigenvalue weighted by Gasteiger charge is -2.11. The number of carbonyl (C=O) groups excluding carboxylic acids is 2. The Kier molecular flexibility index (Phi) is 4.45. The Morgan fingerprint density at radius 1 is 1.33 bits per heavy atom. The largest absolute Gasteiger partial charge is 0.495 e. The van der Waals surface area contributed by atoms with Crippen LogP contribution < -0.4 is 21.1 Å². The highest BCUT2D eigenvalue weighted by Gasteiger charge is 2.11. The molecule has 2 aromatic rings. The van der Waals surface area contributed by atoms with E-state index in [2.05, 4.69) is 10.6 Å². The van der Waals surface area contributed by atoms with Gasteiger partial charge < -0.3 is 25.5 Å². The second-order valence-electron chi connectivity index (χ2n) is 4.17. The van der Waals surface area contributed by atoms with Gasteiger partial charge in [-0.2, -0.15) is 0 Å². The molecule has 7 heteroatoms. The number of hydrogen-bond acceptors (Lipinski definition) is 4. The lowest BCUT2D eigenvalue weighted by Crippen LogP contribution is -2.28. The fraction of sp³-hybridized carbons (Fsp3) is 0.143. The number of carbonyl (C=O) groups is 2. The van der Waals surface area contributed by atoms with Crippen molar-refractivity contribution >= 4 is 17.6 Å². The zero-order chi connectivity index (χ0) is 15.2. The molecule has 110 valence electrons. The van der Waals surface area contributed by atoms with E-state index in [1.165, 1.54) is 25.5 Å². The molecule has 0 radical (unpaired) electrons. The number of hydrogen-bond donors (Lipinski definition) is 3. The van der Waals surface area contributed by atoms with E-state index in [9.17, 15) is 9.59 Å². The molecule has 1 heterocycles. The van der Waals surface area contributed by atoms with Crippen LogP contribution in [0.2, 0.25) is 0 Å². The molecule has 4 N–H and O–H groups in total. The Morgan fingerprint density at radius 2 is 2.14 bits per heavy atom. The molecule has 21 heavy (non-hydrogen) atoms. The van der Waals surface area contributed by atoms with E-state index < -0.39 is 11.9 Å². The number of nitrogens with one attached hydrogen (secondary N) is 2. The highest BCUT2D eigenvalue weighted by atomic mass is 16.5. The first-order valence-electron chi connectivity index (χ1n) is 6.15. The van der Waals surface area contributed by atoms with Crippen molar-refractivity contribution in [1.82, 2.24) is 5.32 Å². The van der Waals surface area contributed by atoms with Gasteiger partial charge in [-0.25, -0.2) is 4.79 Å². The zero-order valence-corrected chi connectivity index (χ0v) is 11.4. The summed E-state index contributed by atoms with van der Waals surface area (Å²) in [5.41, 5.74) is 5.84. The third-order valence-corrected chi connectivity index (χ3v) is 2.74. The van der Waals surface area contributed by atoms with Gasteiger partial charge in [0.2, 0.25) is 5.91 Å². The van der Waals surface area contributed by atoms with E-state index in [1.54, 1.807) is 18.2 Å². The second-order valence-corrected chi connectivity index (χ2v) is 4.17. The van der Waals surface area contributed by atoms with Crippen molar-refractivity contribution < 1.29 is 18.7 Å². The van der Waals surface area contributed by atoms with Crippen LogP contribution in [0.3, 0.4) is 0 Å². The van der Waals surface area contributed by atoms with E-state index >= 15 is 0 Å². The molecule has 0 saturated heterocycles. The average molecular weight is 289 g/mol. The van der Waals surface area contributed by atoms with E-state index in [0.717, 1.165) is 0 Å². The van der Waals surface area contributed by atoms with Crippen molar-refractivity contribution in [3.8, 4) is 5.75 Å². The average Bonchev–Trinajstić information content (AvgIpc) is 2.98. The van der Waals surface area contributed by atoms with Crippen LogP contribution in [0.5, 0.6) is 5.75 Å². The van der Waals surface area contributed by atoms with Crippen LogP contribution in [-0.4, -0.2) is 19.0 Å². The van der Waals surface area contributed by atoms with Crippen LogP contribution >= 0.6 is 0 Å². The molecule has 7 nitrogen and oxygen atoms in total. The standard InChI is InChI=1S/C14H15N3O4/c1-20-12-5-4-9(13(15)18)7-11(12)17-14(19)16-8-10-3-2-6-21-10/h2-7H,8H2,1H3,(H2,15,18)(H2,16,17,19). The minimum atomic E-state index is -0.586. The predicted molar refractivity (Wildman–Crippen MR) is 76.1 cm³/mol. The highest BCUT2D eigenvalue weighted by molar-refractivity contribution is 5.97. The molecular weight excluding hydrogens is 274 g/mol. The Labute approximate surface area is 121 Å². The fourth-order valence-electron chi connectivity index (χ4n) is 1.71. The molecule has 2 rings (SSSR count). The smallest absolute Gasteiger partial charge is 0.319 e. The molecule has 0 aliphatic carbocycles. The SMILES string of the molecule is COc1ccc(C(N)=O)cc1NC(=O)NCc1ccco1. The lowest BCUT2D eigenvalue weighted by atomic mass is 10.2. The number of ether oxygens (including phenoxy) is 1. The monoisotopic (exact) mass is 289 g/mol. The molecule has 1 aromatic carbocycles. The van der Waals surface area contributed by atoms with E-state index in [0.29, 0.717) is 17.2 Å². The molecule has 3 amide bonds. The summed E-state index contributed by atoms with van der Waals surface area (Å²) in [6, 6.07) is 7.55. The van der Waals surface area contributed by atoms with Gasteiger partial charge in [-0.15, -0.1) is 0 Å². The number of benzene rings is 1. The summed E-state index contributed by atoms with van der Waals surface area (Å²) in [4.78, 5) is 23.0. The number of urea groups is 1. The molecule has 0 saturated carbocycles. The molecule has 0 spiro atoms. The number of amides is 3. The van der Waals surface area contributed by atoms with Crippen LogP contribution in [-0.2, 0) is 6.54 Å². The summed E-state index contributed by atoms with van der Waals surface area (Å²) < 4.78 is 10.2. The molecular formula is C14H15N3O4. The Bertz CT molecular complexity index is 638. The van der Waals surface area contributed by atoms with Gasteiger partial charge in [0.15, 0.2) is 0 Å². The minimum absolute atomic E-state index is 0.247. The van der Waals surface area contributed by atoms with Crippen LogP contribution in [0, 0.1) is 0 Å². The summed E-state index contributed by atoms with van der Waals surface area (Å²) in [5, 5.41) is 5.21. The van der Waals surface area contributed by atoms with E-state index in [-0.39, 0.29) is 12.1 Å². The molecule has 0 bridgehead atoms. The molecule has 0 unspecified atom stereocenters. The second kappa shape index (κ2) is 6.47. The van der Waals surface area contributed by atoms with Gasteiger partial charge >= 0.3 is 6.03 Å². The summed E-state index contributed by atoms with van der Waals surface area (Å²) in [6.45, 7) is 0.247. The highest BCUT2D eigenvalue weighted by Crippen LogP contribution is 2.25. The van der Waals surface area contributed by atoms with Crippen LogP contribution in [0.15, 0.2) is 41.0 Å². The number of primary amides is 1. The third-order valence-electron chi connectivity index (χ3n) is 2.74. The Morgan fingerprint density at radius 3 is 2.76 bits per heavy atom. The Hall–Kier alpha value is -2.96. The minimum Gasteiger partial charge on any atom is -0.495 e. The third kappa shape index (κ3) is 3.75. The summed E-state index contributed by atoms with van der Waals surface area (Å²) in [5.74, 6) is 0.466. The molecule has 1 aromatic heterocycles.